The molecule has 18 heavy (non-hydrogen) atoms. The lowest BCUT2D eigenvalue weighted by Crippen LogP contribution is -2.10. The number of nitrogens with one attached hydrogen (secondary N) is 1. The predicted molar refractivity (Wildman–Crippen MR) is 67.8 cm³/mol. The van der Waals surface area contributed by atoms with Crippen LogP contribution < -0.4 is 5.32 Å². The SMILES string of the molecule is CCCCOCCCNc1nccc(C(=O)O)n1. The Labute approximate surface area is 106 Å². The van der Waals surface area contributed by atoms with Crippen LogP contribution in [0.1, 0.15) is 36.7 Å². The van der Waals surface area contributed by atoms with Crippen molar-refractivity contribution in [3.63, 3.8) is 0 Å². The molecule has 1 aromatic rings. The molecule has 2 N–H and O–H groups in total. The molecule has 0 bridgehead atoms. The van der Waals surface area contributed by atoms with E-state index in [9.17, 15) is 4.79 Å². The summed E-state index contributed by atoms with van der Waals surface area (Å²) in [5.74, 6) is -0.716. The average molecular weight is 253 g/mol. The molecule has 0 saturated heterocycles. The summed E-state index contributed by atoms with van der Waals surface area (Å²) in [4.78, 5) is 18.5. The van der Waals surface area contributed by atoms with Gasteiger partial charge in [-0.25, -0.2) is 14.8 Å². The van der Waals surface area contributed by atoms with Crippen LogP contribution in [0.5, 0.6) is 0 Å². The second-order valence-corrected chi connectivity index (χ2v) is 3.82. The van der Waals surface area contributed by atoms with Gasteiger partial charge in [0.25, 0.3) is 0 Å². The fourth-order valence-electron chi connectivity index (χ4n) is 1.29. The van der Waals surface area contributed by atoms with Crippen LogP contribution in [0.3, 0.4) is 0 Å². The number of ether oxygens (including phenoxy) is 1. The van der Waals surface area contributed by atoms with Gasteiger partial charge in [0.2, 0.25) is 5.95 Å². The number of hydrogen-bond donors (Lipinski definition) is 2. The van der Waals surface area contributed by atoms with Gasteiger partial charge in [-0.05, 0) is 18.9 Å². The lowest BCUT2D eigenvalue weighted by atomic mass is 10.4. The molecule has 1 aromatic heterocycles. The van der Waals surface area contributed by atoms with Crippen molar-refractivity contribution in [2.24, 2.45) is 0 Å². The molecule has 6 nitrogen and oxygen atoms in total. The van der Waals surface area contributed by atoms with E-state index in [4.69, 9.17) is 9.84 Å². The van der Waals surface area contributed by atoms with E-state index in [-0.39, 0.29) is 5.69 Å². The van der Waals surface area contributed by atoms with E-state index in [1.54, 1.807) is 0 Å². The summed E-state index contributed by atoms with van der Waals surface area (Å²) >= 11 is 0. The van der Waals surface area contributed by atoms with Crippen LogP contribution in [-0.2, 0) is 4.74 Å². The highest BCUT2D eigenvalue weighted by atomic mass is 16.5. The van der Waals surface area contributed by atoms with Crippen LogP contribution in [0.2, 0.25) is 0 Å². The minimum atomic E-state index is -1.05. The average Bonchev–Trinajstić information content (AvgIpc) is 2.38. The van der Waals surface area contributed by atoms with Gasteiger partial charge in [-0.15, -0.1) is 0 Å². The Morgan fingerprint density at radius 3 is 2.94 bits per heavy atom. The van der Waals surface area contributed by atoms with Crippen LogP contribution in [0.4, 0.5) is 5.95 Å². The van der Waals surface area contributed by atoms with E-state index in [0.717, 1.165) is 25.9 Å². The summed E-state index contributed by atoms with van der Waals surface area (Å²) in [6.45, 7) is 4.26. The molecule has 1 heterocycles. The standard InChI is InChI=1S/C12H19N3O3/c1-2-3-8-18-9-4-6-13-12-14-7-5-10(15-12)11(16)17/h5,7H,2-4,6,8-9H2,1H3,(H,16,17)(H,13,14,15). The molecule has 0 radical (unpaired) electrons. The topological polar surface area (TPSA) is 84.3 Å². The normalized spacial score (nSPS) is 10.3. The lowest BCUT2D eigenvalue weighted by Gasteiger charge is -2.05. The van der Waals surface area contributed by atoms with E-state index in [1.807, 2.05) is 0 Å². The minimum Gasteiger partial charge on any atom is -0.477 e. The van der Waals surface area contributed by atoms with Crippen molar-refractivity contribution in [1.82, 2.24) is 9.97 Å². The second kappa shape index (κ2) is 8.41. The smallest absolute Gasteiger partial charge is 0.354 e. The first-order chi connectivity index (χ1) is 8.74. The van der Waals surface area contributed by atoms with E-state index in [0.29, 0.717) is 19.1 Å². The number of aromatic nitrogens is 2. The Balaban J connectivity index is 2.19. The van der Waals surface area contributed by atoms with Crippen molar-refractivity contribution in [3.8, 4) is 0 Å². The van der Waals surface area contributed by atoms with Crippen LogP contribution in [0, 0.1) is 0 Å². The molecule has 0 spiro atoms. The molecule has 0 amide bonds. The third-order valence-electron chi connectivity index (χ3n) is 2.27. The number of aromatic carboxylic acids is 1. The number of carbonyl (C=O) groups is 1. The summed E-state index contributed by atoms with van der Waals surface area (Å²) < 4.78 is 5.40. The van der Waals surface area contributed by atoms with Crippen LogP contribution in [-0.4, -0.2) is 40.8 Å². The molecule has 0 aliphatic heterocycles. The lowest BCUT2D eigenvalue weighted by molar-refractivity contribution is 0.0690. The van der Waals surface area contributed by atoms with Gasteiger partial charge >= 0.3 is 5.97 Å². The maximum atomic E-state index is 10.7. The van der Waals surface area contributed by atoms with Crippen LogP contribution in [0.15, 0.2) is 12.3 Å². The van der Waals surface area contributed by atoms with Gasteiger partial charge in [0.05, 0.1) is 0 Å². The quantitative estimate of drug-likeness (QED) is 0.653. The fourth-order valence-corrected chi connectivity index (χ4v) is 1.29. The van der Waals surface area contributed by atoms with Crippen LogP contribution >= 0.6 is 0 Å². The summed E-state index contributed by atoms with van der Waals surface area (Å²) in [7, 11) is 0. The van der Waals surface area contributed by atoms with Gasteiger partial charge in [0.1, 0.15) is 0 Å². The molecule has 100 valence electrons. The highest BCUT2D eigenvalue weighted by Crippen LogP contribution is 2.00. The number of carboxylic acids is 1. The van der Waals surface area contributed by atoms with Gasteiger partial charge < -0.3 is 15.2 Å². The first-order valence-electron chi connectivity index (χ1n) is 6.12. The second-order valence-electron chi connectivity index (χ2n) is 3.82. The van der Waals surface area contributed by atoms with Gasteiger partial charge in [0.15, 0.2) is 5.69 Å². The summed E-state index contributed by atoms with van der Waals surface area (Å²) in [5, 5.41) is 11.7. The maximum absolute atomic E-state index is 10.7. The van der Waals surface area contributed by atoms with E-state index >= 15 is 0 Å². The molecular weight excluding hydrogens is 234 g/mol. The largest absolute Gasteiger partial charge is 0.477 e. The number of nitrogens with zero attached hydrogens (tertiary/aromatic N) is 2. The number of anilines is 1. The molecule has 0 atom stereocenters. The number of unbranched alkanes of at least 4 members (excludes halogenated alkanes) is 1. The van der Waals surface area contributed by atoms with Gasteiger partial charge in [-0.1, -0.05) is 13.3 Å². The third-order valence-corrected chi connectivity index (χ3v) is 2.27. The van der Waals surface area contributed by atoms with Gasteiger partial charge in [0, 0.05) is 26.0 Å². The Morgan fingerprint density at radius 1 is 1.44 bits per heavy atom. The summed E-state index contributed by atoms with van der Waals surface area (Å²) in [5.41, 5.74) is -0.00769. The molecular formula is C12H19N3O3. The first kappa shape index (κ1) is 14.4. The zero-order chi connectivity index (χ0) is 13.2. The number of rotatable bonds is 9. The van der Waals surface area contributed by atoms with Crippen molar-refractivity contribution in [2.45, 2.75) is 26.2 Å². The molecule has 0 saturated carbocycles. The Morgan fingerprint density at radius 2 is 2.22 bits per heavy atom. The molecule has 0 unspecified atom stereocenters. The van der Waals surface area contributed by atoms with Crippen molar-refractivity contribution >= 4 is 11.9 Å². The number of carboxylic acid groups (broad SMARTS) is 1. The molecule has 6 heteroatoms. The summed E-state index contributed by atoms with van der Waals surface area (Å²) in [6, 6.07) is 1.36. The van der Waals surface area contributed by atoms with Crippen molar-refractivity contribution in [1.29, 1.82) is 0 Å². The third kappa shape index (κ3) is 5.58. The molecule has 0 fully saturated rings. The molecule has 0 aliphatic carbocycles. The van der Waals surface area contributed by atoms with E-state index in [1.165, 1.54) is 12.3 Å². The minimum absolute atomic E-state index is 0.00769. The molecule has 1 rings (SSSR count). The Kier molecular flexibility index (Phi) is 6.71. The monoisotopic (exact) mass is 253 g/mol. The molecule has 0 aromatic carbocycles. The van der Waals surface area contributed by atoms with Crippen LogP contribution in [0.25, 0.3) is 0 Å². The molecule has 0 aliphatic rings. The van der Waals surface area contributed by atoms with Crippen molar-refractivity contribution in [3.05, 3.63) is 18.0 Å². The predicted octanol–water partition coefficient (Wildman–Crippen LogP) is 1.79. The van der Waals surface area contributed by atoms with E-state index in [2.05, 4.69) is 22.2 Å². The zero-order valence-corrected chi connectivity index (χ0v) is 10.6. The number of hydrogen-bond acceptors (Lipinski definition) is 5. The van der Waals surface area contributed by atoms with Gasteiger partial charge in [-0.2, -0.15) is 0 Å². The fraction of sp³-hybridized carbons (Fsp3) is 0.583. The highest BCUT2D eigenvalue weighted by Gasteiger charge is 2.05. The van der Waals surface area contributed by atoms with Gasteiger partial charge in [-0.3, -0.25) is 0 Å². The summed E-state index contributed by atoms with van der Waals surface area (Å²) in [6.07, 6.45) is 4.48. The zero-order valence-electron chi connectivity index (χ0n) is 10.6. The first-order valence-corrected chi connectivity index (χ1v) is 6.12. The van der Waals surface area contributed by atoms with Crippen molar-refractivity contribution in [2.75, 3.05) is 25.1 Å². The highest BCUT2D eigenvalue weighted by molar-refractivity contribution is 5.85. The van der Waals surface area contributed by atoms with E-state index < -0.39 is 5.97 Å². The Hall–Kier alpha value is -1.69. The Bertz CT molecular complexity index is 371. The maximum Gasteiger partial charge on any atom is 0.354 e. The van der Waals surface area contributed by atoms with Crippen molar-refractivity contribution < 1.29 is 14.6 Å².